The van der Waals surface area contributed by atoms with Crippen LogP contribution in [0.15, 0.2) is 48.8 Å². The molecule has 1 aromatic heterocycles. The van der Waals surface area contributed by atoms with Gasteiger partial charge in [-0.25, -0.2) is 0 Å². The lowest BCUT2D eigenvalue weighted by atomic mass is 9.99. The third-order valence-corrected chi connectivity index (χ3v) is 3.06. The fourth-order valence-corrected chi connectivity index (χ4v) is 2.16. The summed E-state index contributed by atoms with van der Waals surface area (Å²) in [6.07, 6.45) is 4.74. The summed E-state index contributed by atoms with van der Waals surface area (Å²) in [5, 5.41) is 4.31. The number of pyridine rings is 1. The second-order valence-electron chi connectivity index (χ2n) is 4.22. The molecule has 94 valence electrons. The number of rotatable bonds is 5. The molecule has 1 heterocycles. The molecule has 0 saturated heterocycles. The molecule has 0 aliphatic carbocycles. The molecule has 0 amide bonds. The Balaban J connectivity index is 2.31. The Labute approximate surface area is 113 Å². The number of aromatic nitrogens is 1. The van der Waals surface area contributed by atoms with E-state index in [1.165, 1.54) is 11.1 Å². The van der Waals surface area contributed by atoms with Crippen LogP contribution in [0.1, 0.15) is 30.5 Å². The summed E-state index contributed by atoms with van der Waals surface area (Å²) >= 11 is 6.07. The minimum absolute atomic E-state index is 0.173. The van der Waals surface area contributed by atoms with Crippen molar-refractivity contribution in [3.63, 3.8) is 0 Å². The quantitative estimate of drug-likeness (QED) is 0.884. The molecule has 0 spiro atoms. The van der Waals surface area contributed by atoms with Gasteiger partial charge in [0.05, 0.1) is 6.04 Å². The molecule has 0 fully saturated rings. The number of hydrogen-bond acceptors (Lipinski definition) is 2. The summed E-state index contributed by atoms with van der Waals surface area (Å²) in [6, 6.07) is 12.2. The fourth-order valence-electron chi connectivity index (χ4n) is 1.96. The highest BCUT2D eigenvalue weighted by atomic mass is 35.5. The molecule has 0 saturated carbocycles. The molecule has 1 atom stereocenters. The Morgan fingerprint density at radius 3 is 2.61 bits per heavy atom. The monoisotopic (exact) mass is 260 g/mol. The molecule has 0 aliphatic rings. The van der Waals surface area contributed by atoms with Crippen LogP contribution < -0.4 is 5.32 Å². The van der Waals surface area contributed by atoms with Gasteiger partial charge in [-0.3, -0.25) is 4.98 Å². The first-order chi connectivity index (χ1) is 8.81. The van der Waals surface area contributed by atoms with Crippen molar-refractivity contribution in [2.75, 3.05) is 6.54 Å². The van der Waals surface area contributed by atoms with Gasteiger partial charge in [-0.2, -0.15) is 0 Å². The maximum atomic E-state index is 6.07. The van der Waals surface area contributed by atoms with Crippen molar-refractivity contribution in [3.05, 3.63) is 64.9 Å². The molecular formula is C15H17ClN2. The Hall–Kier alpha value is -1.38. The van der Waals surface area contributed by atoms with E-state index >= 15 is 0 Å². The molecule has 18 heavy (non-hydrogen) atoms. The van der Waals surface area contributed by atoms with Crippen LogP contribution in [0.5, 0.6) is 0 Å². The van der Waals surface area contributed by atoms with Crippen molar-refractivity contribution in [2.24, 2.45) is 0 Å². The van der Waals surface area contributed by atoms with E-state index in [-0.39, 0.29) is 6.04 Å². The second-order valence-corrected chi connectivity index (χ2v) is 4.66. The van der Waals surface area contributed by atoms with E-state index < -0.39 is 0 Å². The summed E-state index contributed by atoms with van der Waals surface area (Å²) in [5.74, 6) is 0. The van der Waals surface area contributed by atoms with Gasteiger partial charge in [0.15, 0.2) is 0 Å². The zero-order valence-corrected chi connectivity index (χ0v) is 11.2. The van der Waals surface area contributed by atoms with Gasteiger partial charge in [0.1, 0.15) is 0 Å². The Morgan fingerprint density at radius 2 is 1.94 bits per heavy atom. The van der Waals surface area contributed by atoms with Crippen molar-refractivity contribution in [1.29, 1.82) is 0 Å². The molecule has 2 nitrogen and oxygen atoms in total. The first kappa shape index (κ1) is 13.1. The Morgan fingerprint density at radius 1 is 1.17 bits per heavy atom. The largest absolute Gasteiger partial charge is 0.306 e. The number of hydrogen-bond donors (Lipinski definition) is 1. The van der Waals surface area contributed by atoms with Crippen molar-refractivity contribution < 1.29 is 0 Å². The molecule has 2 rings (SSSR count). The standard InChI is InChI=1S/C15H17ClN2/c1-2-8-18-15(12-6-9-17-10-7-12)13-4-3-5-14(16)11-13/h3-7,9-11,15,18H,2,8H2,1H3. The van der Waals surface area contributed by atoms with Crippen LogP contribution in [-0.4, -0.2) is 11.5 Å². The predicted molar refractivity (Wildman–Crippen MR) is 75.8 cm³/mol. The topological polar surface area (TPSA) is 24.9 Å². The molecule has 0 aliphatic heterocycles. The van der Waals surface area contributed by atoms with Crippen LogP contribution in [0.25, 0.3) is 0 Å². The van der Waals surface area contributed by atoms with Gasteiger partial charge in [0.25, 0.3) is 0 Å². The van der Waals surface area contributed by atoms with Gasteiger partial charge in [-0.1, -0.05) is 30.7 Å². The Kier molecular flexibility index (Phi) is 4.73. The molecular weight excluding hydrogens is 244 g/mol. The molecule has 1 unspecified atom stereocenters. The second kappa shape index (κ2) is 6.53. The summed E-state index contributed by atoms with van der Waals surface area (Å²) < 4.78 is 0. The van der Waals surface area contributed by atoms with Gasteiger partial charge in [0, 0.05) is 17.4 Å². The SMILES string of the molecule is CCCNC(c1ccncc1)c1cccc(Cl)c1. The lowest BCUT2D eigenvalue weighted by Crippen LogP contribution is -2.23. The van der Waals surface area contributed by atoms with Crippen LogP contribution >= 0.6 is 11.6 Å². The predicted octanol–water partition coefficient (Wildman–Crippen LogP) is 3.82. The molecule has 1 aromatic carbocycles. The smallest absolute Gasteiger partial charge is 0.0578 e. The highest BCUT2D eigenvalue weighted by molar-refractivity contribution is 6.30. The molecule has 3 heteroatoms. The van der Waals surface area contributed by atoms with E-state index in [1.807, 2.05) is 42.7 Å². The maximum absolute atomic E-state index is 6.07. The zero-order chi connectivity index (χ0) is 12.8. The maximum Gasteiger partial charge on any atom is 0.0578 e. The van der Waals surface area contributed by atoms with Gasteiger partial charge in [0.2, 0.25) is 0 Å². The summed E-state index contributed by atoms with van der Waals surface area (Å²) in [7, 11) is 0. The minimum Gasteiger partial charge on any atom is -0.306 e. The summed E-state index contributed by atoms with van der Waals surface area (Å²) in [4.78, 5) is 4.07. The molecule has 0 radical (unpaired) electrons. The summed E-state index contributed by atoms with van der Waals surface area (Å²) in [6.45, 7) is 3.13. The summed E-state index contributed by atoms with van der Waals surface area (Å²) in [5.41, 5.74) is 2.39. The van der Waals surface area contributed by atoms with Crippen LogP contribution in [0.2, 0.25) is 5.02 Å². The average molecular weight is 261 g/mol. The normalized spacial score (nSPS) is 12.3. The third kappa shape index (κ3) is 3.31. The van der Waals surface area contributed by atoms with E-state index in [0.29, 0.717) is 0 Å². The molecule has 1 N–H and O–H groups in total. The van der Waals surface area contributed by atoms with Crippen molar-refractivity contribution in [3.8, 4) is 0 Å². The average Bonchev–Trinajstić information content (AvgIpc) is 2.40. The van der Waals surface area contributed by atoms with Gasteiger partial charge >= 0.3 is 0 Å². The van der Waals surface area contributed by atoms with E-state index in [4.69, 9.17) is 11.6 Å². The Bertz CT molecular complexity index is 485. The third-order valence-electron chi connectivity index (χ3n) is 2.82. The van der Waals surface area contributed by atoms with Crippen molar-refractivity contribution >= 4 is 11.6 Å². The van der Waals surface area contributed by atoms with Crippen molar-refractivity contribution in [2.45, 2.75) is 19.4 Å². The van der Waals surface area contributed by atoms with Crippen LogP contribution in [0.3, 0.4) is 0 Å². The van der Waals surface area contributed by atoms with Crippen LogP contribution in [0, 0.1) is 0 Å². The lowest BCUT2D eigenvalue weighted by Gasteiger charge is -2.19. The minimum atomic E-state index is 0.173. The fraction of sp³-hybridized carbons (Fsp3) is 0.267. The van der Waals surface area contributed by atoms with E-state index in [1.54, 1.807) is 0 Å². The van der Waals surface area contributed by atoms with E-state index in [2.05, 4.69) is 23.3 Å². The number of nitrogens with zero attached hydrogens (tertiary/aromatic N) is 1. The van der Waals surface area contributed by atoms with Crippen LogP contribution in [-0.2, 0) is 0 Å². The van der Waals surface area contributed by atoms with Crippen LogP contribution in [0.4, 0.5) is 0 Å². The zero-order valence-electron chi connectivity index (χ0n) is 10.4. The lowest BCUT2D eigenvalue weighted by molar-refractivity contribution is 0.598. The first-order valence-corrected chi connectivity index (χ1v) is 6.58. The van der Waals surface area contributed by atoms with Crippen molar-refractivity contribution in [1.82, 2.24) is 10.3 Å². The molecule has 0 bridgehead atoms. The molecule has 2 aromatic rings. The number of benzene rings is 1. The highest BCUT2D eigenvalue weighted by Crippen LogP contribution is 2.23. The van der Waals surface area contributed by atoms with Gasteiger partial charge in [-0.15, -0.1) is 0 Å². The number of halogens is 1. The van der Waals surface area contributed by atoms with Gasteiger partial charge < -0.3 is 5.32 Å². The number of nitrogens with one attached hydrogen (secondary N) is 1. The first-order valence-electron chi connectivity index (χ1n) is 6.20. The van der Waals surface area contributed by atoms with E-state index in [9.17, 15) is 0 Å². The van der Waals surface area contributed by atoms with Gasteiger partial charge in [-0.05, 0) is 48.4 Å². The van der Waals surface area contributed by atoms with E-state index in [0.717, 1.165) is 18.0 Å². The highest BCUT2D eigenvalue weighted by Gasteiger charge is 2.12.